The molecule has 0 aliphatic carbocycles. The van der Waals surface area contributed by atoms with Crippen LogP contribution in [0.25, 0.3) is 0 Å². The van der Waals surface area contributed by atoms with Gasteiger partial charge in [0.15, 0.2) is 6.10 Å². The second-order valence-electron chi connectivity index (χ2n) is 24.1. The number of carbonyl (C=O) groups is 2. The van der Waals surface area contributed by atoms with Crippen molar-refractivity contribution in [2.45, 2.75) is 335 Å². The Bertz CT molecular complexity index is 1860. The zero-order valence-corrected chi connectivity index (χ0v) is 57.8. The number of unbranched alkanes of at least 4 members (excludes halogenated alkanes) is 35. The summed E-state index contributed by atoms with van der Waals surface area (Å²) in [5, 5.41) is 0. The molecule has 0 heterocycles. The third-order valence-corrected chi connectivity index (χ3v) is 16.6. The highest BCUT2D eigenvalue weighted by atomic mass is 31.2. The largest absolute Gasteiger partial charge is 0.472 e. The van der Waals surface area contributed by atoms with Gasteiger partial charge in [0.05, 0.1) is 13.2 Å². The number of hydrogen-bond acceptors (Lipinski definition) is 8. The fraction of sp³-hybridized carbons (Fsp3) is 0.718. The molecule has 0 saturated carbocycles. The van der Waals surface area contributed by atoms with Gasteiger partial charge in [-0.25, -0.2) is 4.57 Å². The first kappa shape index (κ1) is 84.4. The molecule has 0 aromatic carbocycles. The minimum Gasteiger partial charge on any atom is -0.462 e. The van der Waals surface area contributed by atoms with Crippen molar-refractivity contribution in [2.24, 2.45) is 5.73 Å². The first-order valence-corrected chi connectivity index (χ1v) is 38.0. The van der Waals surface area contributed by atoms with Gasteiger partial charge in [-0.1, -0.05) is 347 Å². The summed E-state index contributed by atoms with van der Waals surface area (Å²) >= 11 is 0. The topological polar surface area (TPSA) is 134 Å². The maximum absolute atomic E-state index is 12.8. The van der Waals surface area contributed by atoms with Gasteiger partial charge < -0.3 is 20.1 Å². The average molecular weight is 1250 g/mol. The van der Waals surface area contributed by atoms with Crippen molar-refractivity contribution < 1.29 is 37.6 Å². The van der Waals surface area contributed by atoms with Crippen molar-refractivity contribution in [3.8, 4) is 0 Å². The van der Waals surface area contributed by atoms with Crippen molar-refractivity contribution in [1.29, 1.82) is 0 Å². The van der Waals surface area contributed by atoms with E-state index in [1.54, 1.807) is 0 Å². The van der Waals surface area contributed by atoms with Gasteiger partial charge in [-0.3, -0.25) is 18.6 Å². The Kier molecular flexibility index (Phi) is 69.5. The molecule has 2 atom stereocenters. The number of allylic oxidation sites excluding steroid dienone is 20. The van der Waals surface area contributed by atoms with Crippen molar-refractivity contribution >= 4 is 19.8 Å². The van der Waals surface area contributed by atoms with Crippen LogP contribution in [0.5, 0.6) is 0 Å². The fourth-order valence-electron chi connectivity index (χ4n) is 10.3. The van der Waals surface area contributed by atoms with E-state index in [4.69, 9.17) is 24.3 Å². The number of phosphoric acid groups is 1. The minimum atomic E-state index is -4.40. The number of phosphoric ester groups is 1. The van der Waals surface area contributed by atoms with Gasteiger partial charge >= 0.3 is 19.8 Å². The molecule has 0 bridgehead atoms. The van der Waals surface area contributed by atoms with Crippen LogP contribution in [0.1, 0.15) is 328 Å². The Balaban J connectivity index is 3.93. The molecule has 9 nitrogen and oxygen atoms in total. The average Bonchev–Trinajstić information content (AvgIpc) is 3.71. The van der Waals surface area contributed by atoms with Gasteiger partial charge in [-0.2, -0.15) is 0 Å². The molecule has 0 aromatic heterocycles. The normalized spacial score (nSPS) is 13.6. The standard InChI is InChI=1S/C78H136NO8P/c1-3-5-7-9-11-13-15-17-19-21-23-25-27-29-31-33-34-35-36-37-38-39-40-41-42-43-45-47-49-51-53-55-57-59-61-63-65-67-69-71-78(81)87-76(75-86-88(82,83)85-73-72-79)74-84-77(80)70-68-66-64-62-60-58-56-54-52-50-48-46-44-32-30-28-26-24-22-20-18-16-14-12-10-8-6-4-2/h5,7,11,13,17,19,23,25,29,31,34-35,37-38,40-41,43,45,49,51,76H,3-4,6,8-10,12,14-16,18,20-22,24,26-28,30,32-33,36,39,42,44,46-48,50,52-75,79H2,1-2H3,(H,82,83)/b7-5-,13-11-,19-17-,25-23-,31-29-,35-34-,38-37-,41-40-,45-43-,51-49-. The number of hydrogen-bond donors (Lipinski definition) is 2. The van der Waals surface area contributed by atoms with Gasteiger partial charge in [-0.05, 0) is 89.9 Å². The molecule has 0 amide bonds. The number of esters is 2. The van der Waals surface area contributed by atoms with Crippen molar-refractivity contribution in [2.75, 3.05) is 26.4 Å². The van der Waals surface area contributed by atoms with Crippen LogP contribution in [0.15, 0.2) is 122 Å². The Morgan fingerprint density at radius 3 is 0.932 bits per heavy atom. The van der Waals surface area contributed by atoms with Gasteiger partial charge in [0.2, 0.25) is 0 Å². The second-order valence-corrected chi connectivity index (χ2v) is 25.5. The first-order valence-electron chi connectivity index (χ1n) is 36.5. The van der Waals surface area contributed by atoms with Gasteiger partial charge in [0.1, 0.15) is 6.61 Å². The summed E-state index contributed by atoms with van der Waals surface area (Å²) in [4.78, 5) is 35.4. The molecule has 2 unspecified atom stereocenters. The summed E-state index contributed by atoms with van der Waals surface area (Å²) < 4.78 is 33.2. The molecule has 3 N–H and O–H groups in total. The highest BCUT2D eigenvalue weighted by Gasteiger charge is 2.26. The number of nitrogens with two attached hydrogens (primary N) is 1. The molecule has 0 rings (SSSR count). The number of carbonyl (C=O) groups excluding carboxylic acids is 2. The zero-order valence-electron chi connectivity index (χ0n) is 56.9. The Morgan fingerprint density at radius 1 is 0.352 bits per heavy atom. The second kappa shape index (κ2) is 72.5. The molecule has 0 aliphatic heterocycles. The van der Waals surface area contributed by atoms with Crippen LogP contribution < -0.4 is 5.73 Å². The molecule has 88 heavy (non-hydrogen) atoms. The van der Waals surface area contributed by atoms with Gasteiger partial charge in [0, 0.05) is 19.4 Å². The quantitative estimate of drug-likeness (QED) is 0.0264. The summed E-state index contributed by atoms with van der Waals surface area (Å²) in [7, 11) is -4.40. The Hall–Kier alpha value is -3.59. The van der Waals surface area contributed by atoms with Crippen molar-refractivity contribution in [1.82, 2.24) is 0 Å². The molecule has 0 fully saturated rings. The van der Waals surface area contributed by atoms with Crippen LogP contribution in [0.3, 0.4) is 0 Å². The van der Waals surface area contributed by atoms with E-state index in [-0.39, 0.29) is 38.6 Å². The fourth-order valence-corrected chi connectivity index (χ4v) is 11.0. The lowest BCUT2D eigenvalue weighted by molar-refractivity contribution is -0.161. The van der Waals surface area contributed by atoms with E-state index in [1.807, 2.05) is 0 Å². The van der Waals surface area contributed by atoms with Crippen molar-refractivity contribution in [3.63, 3.8) is 0 Å². The van der Waals surface area contributed by atoms with E-state index in [0.717, 1.165) is 109 Å². The van der Waals surface area contributed by atoms with Crippen LogP contribution in [-0.2, 0) is 32.7 Å². The lowest BCUT2D eigenvalue weighted by Gasteiger charge is -2.19. The predicted molar refractivity (Wildman–Crippen MR) is 381 cm³/mol. The summed E-state index contributed by atoms with van der Waals surface area (Å²) in [6, 6.07) is 0. The highest BCUT2D eigenvalue weighted by Crippen LogP contribution is 2.43. The lowest BCUT2D eigenvalue weighted by Crippen LogP contribution is -2.29. The minimum absolute atomic E-state index is 0.0482. The van der Waals surface area contributed by atoms with E-state index in [9.17, 15) is 19.0 Å². The van der Waals surface area contributed by atoms with Crippen molar-refractivity contribution in [3.05, 3.63) is 122 Å². The van der Waals surface area contributed by atoms with E-state index < -0.39 is 26.5 Å². The van der Waals surface area contributed by atoms with Crippen LogP contribution in [0.2, 0.25) is 0 Å². The third kappa shape index (κ3) is 71.5. The molecule has 0 aliphatic rings. The van der Waals surface area contributed by atoms with Crippen LogP contribution >= 0.6 is 7.82 Å². The summed E-state index contributed by atoms with van der Waals surface area (Å²) in [6.45, 7) is 3.66. The lowest BCUT2D eigenvalue weighted by atomic mass is 10.0. The van der Waals surface area contributed by atoms with Crippen LogP contribution in [0.4, 0.5) is 0 Å². The van der Waals surface area contributed by atoms with E-state index >= 15 is 0 Å². The molecular formula is C78H136NO8P. The zero-order chi connectivity index (χ0) is 63.7. The monoisotopic (exact) mass is 1250 g/mol. The molecular weight excluding hydrogens is 1110 g/mol. The SMILES string of the molecule is CC/C=C\C/C=C\C/C=C\C/C=C\C/C=C\C/C=C\C/C=C\C/C=C\C/C=C\C/C=C\CCCCCCCCCCC(=O)OC(COC(=O)CCCCCCCCCCCCCCCCCCCCCCCCCCCCCC)COP(=O)(O)OCCN. The molecule has 0 spiro atoms. The first-order chi connectivity index (χ1) is 43.3. The summed E-state index contributed by atoms with van der Waals surface area (Å²) in [6.07, 6.45) is 102. The molecule has 10 heteroatoms. The molecule has 0 aromatic rings. The number of ether oxygens (including phenoxy) is 2. The van der Waals surface area contributed by atoms with Gasteiger partial charge in [0.25, 0.3) is 0 Å². The third-order valence-electron chi connectivity index (χ3n) is 15.6. The summed E-state index contributed by atoms with van der Waals surface area (Å²) in [5.41, 5.74) is 5.40. The van der Waals surface area contributed by atoms with E-state index in [0.29, 0.717) is 6.42 Å². The number of rotatable bonds is 68. The maximum Gasteiger partial charge on any atom is 0.472 e. The van der Waals surface area contributed by atoms with E-state index in [2.05, 4.69) is 135 Å². The Morgan fingerprint density at radius 2 is 0.625 bits per heavy atom. The Labute approximate surface area is 542 Å². The molecule has 0 radical (unpaired) electrons. The van der Waals surface area contributed by atoms with Crippen LogP contribution in [0, 0.1) is 0 Å². The molecule has 506 valence electrons. The smallest absolute Gasteiger partial charge is 0.462 e. The van der Waals surface area contributed by atoms with Gasteiger partial charge in [-0.15, -0.1) is 0 Å². The highest BCUT2D eigenvalue weighted by molar-refractivity contribution is 7.47. The predicted octanol–water partition coefficient (Wildman–Crippen LogP) is 24.3. The maximum atomic E-state index is 12.8. The summed E-state index contributed by atoms with van der Waals surface area (Å²) in [5.74, 6) is -0.830. The molecule has 0 saturated heterocycles. The van der Waals surface area contributed by atoms with Crippen LogP contribution in [-0.4, -0.2) is 49.3 Å². The van der Waals surface area contributed by atoms with E-state index in [1.165, 1.54) is 186 Å².